The Hall–Kier alpha value is -0.800. The summed E-state index contributed by atoms with van der Waals surface area (Å²) in [7, 11) is 3.99. The Bertz CT molecular complexity index is 274. The highest BCUT2D eigenvalue weighted by molar-refractivity contribution is 6.18. The molecule has 4 heteroatoms. The van der Waals surface area contributed by atoms with E-state index in [4.69, 9.17) is 11.6 Å². The molecule has 0 radical (unpaired) electrons. The van der Waals surface area contributed by atoms with Gasteiger partial charge in [-0.15, -0.1) is 11.6 Å². The summed E-state index contributed by atoms with van der Waals surface area (Å²) in [6.07, 6.45) is 3.39. The third kappa shape index (κ3) is 3.16. The normalized spacial score (nSPS) is 12.6. The molecular formula is C10H16ClN2O+. The molecule has 1 atom stereocenters. The Labute approximate surface area is 89.5 Å². The van der Waals surface area contributed by atoms with Crippen molar-refractivity contribution in [1.29, 1.82) is 0 Å². The molecule has 1 aromatic rings. The fraction of sp³-hybridized carbons (Fsp3) is 0.500. The fourth-order valence-corrected chi connectivity index (χ4v) is 1.26. The van der Waals surface area contributed by atoms with Crippen molar-refractivity contribution in [1.82, 2.24) is 0 Å². The number of aromatic nitrogens is 1. The van der Waals surface area contributed by atoms with Crippen LogP contribution in [0.4, 0.5) is 5.69 Å². The predicted octanol–water partition coefficient (Wildman–Crippen LogP) is 0.640. The minimum atomic E-state index is -0.480. The van der Waals surface area contributed by atoms with E-state index < -0.39 is 6.10 Å². The van der Waals surface area contributed by atoms with Gasteiger partial charge in [-0.25, -0.2) is 4.57 Å². The van der Waals surface area contributed by atoms with Crippen molar-refractivity contribution in [3.05, 3.63) is 24.5 Å². The van der Waals surface area contributed by atoms with Gasteiger partial charge in [-0.1, -0.05) is 0 Å². The summed E-state index contributed by atoms with van der Waals surface area (Å²) in [5.74, 6) is 0.266. The lowest BCUT2D eigenvalue weighted by Crippen LogP contribution is -2.39. The van der Waals surface area contributed by atoms with Gasteiger partial charge in [0.2, 0.25) is 0 Å². The molecule has 78 valence electrons. The number of alkyl halides is 1. The minimum Gasteiger partial charge on any atom is -0.385 e. The van der Waals surface area contributed by atoms with Gasteiger partial charge in [0.15, 0.2) is 18.9 Å². The molecule has 0 aliphatic heterocycles. The zero-order chi connectivity index (χ0) is 10.6. The minimum absolute atomic E-state index is 0.266. The van der Waals surface area contributed by atoms with Crippen LogP contribution in [0.2, 0.25) is 0 Å². The van der Waals surface area contributed by atoms with E-state index in [-0.39, 0.29) is 5.88 Å². The van der Waals surface area contributed by atoms with Gasteiger partial charge in [-0.2, -0.15) is 0 Å². The molecule has 1 unspecified atom stereocenters. The van der Waals surface area contributed by atoms with Gasteiger partial charge in [0.25, 0.3) is 0 Å². The average molecular weight is 216 g/mol. The molecule has 0 aliphatic carbocycles. The van der Waals surface area contributed by atoms with Gasteiger partial charge < -0.3 is 10.0 Å². The van der Waals surface area contributed by atoms with E-state index in [9.17, 15) is 5.11 Å². The van der Waals surface area contributed by atoms with Gasteiger partial charge in [-0.05, 0) is 0 Å². The van der Waals surface area contributed by atoms with Crippen molar-refractivity contribution in [2.75, 3.05) is 24.9 Å². The highest BCUT2D eigenvalue weighted by Crippen LogP contribution is 2.05. The molecule has 0 spiro atoms. The lowest BCUT2D eigenvalue weighted by atomic mass is 10.3. The molecule has 14 heavy (non-hydrogen) atoms. The van der Waals surface area contributed by atoms with Gasteiger partial charge in [0, 0.05) is 31.9 Å². The molecule has 0 aromatic carbocycles. The molecule has 0 bridgehead atoms. The van der Waals surface area contributed by atoms with E-state index in [2.05, 4.69) is 0 Å². The zero-order valence-electron chi connectivity index (χ0n) is 8.52. The van der Waals surface area contributed by atoms with E-state index in [1.54, 1.807) is 0 Å². The number of anilines is 1. The van der Waals surface area contributed by atoms with Crippen LogP contribution in [0.3, 0.4) is 0 Å². The first-order chi connectivity index (χ1) is 6.63. The standard InChI is InChI=1S/C10H16ClN2O/c1-12(2)9-3-5-13(6-4-9)8-10(14)7-11/h3-6,10,14H,7-8H2,1-2H3/q+1. The Balaban J connectivity index is 2.64. The molecular weight excluding hydrogens is 200 g/mol. The summed E-state index contributed by atoms with van der Waals surface area (Å²) in [6, 6.07) is 4.00. The van der Waals surface area contributed by atoms with Gasteiger partial charge >= 0.3 is 0 Å². The van der Waals surface area contributed by atoms with Gasteiger partial charge in [0.1, 0.15) is 6.10 Å². The quantitative estimate of drug-likeness (QED) is 0.590. The Morgan fingerprint density at radius 3 is 2.43 bits per heavy atom. The lowest BCUT2D eigenvalue weighted by Gasteiger charge is -2.10. The first-order valence-corrected chi connectivity index (χ1v) is 5.07. The number of hydrogen-bond donors (Lipinski definition) is 1. The van der Waals surface area contributed by atoms with Crippen molar-refractivity contribution in [2.45, 2.75) is 12.6 Å². The maximum Gasteiger partial charge on any atom is 0.175 e. The second-order valence-corrected chi connectivity index (χ2v) is 3.76. The van der Waals surface area contributed by atoms with Crippen molar-refractivity contribution >= 4 is 17.3 Å². The topological polar surface area (TPSA) is 27.4 Å². The number of rotatable bonds is 4. The largest absolute Gasteiger partial charge is 0.385 e. The third-order valence-electron chi connectivity index (χ3n) is 1.99. The number of halogens is 1. The maximum atomic E-state index is 9.33. The third-order valence-corrected chi connectivity index (χ3v) is 2.35. The van der Waals surface area contributed by atoms with Crippen LogP contribution in [0, 0.1) is 0 Å². The SMILES string of the molecule is CN(C)c1cc[n+](CC(O)CCl)cc1. The molecule has 1 rings (SSSR count). The van der Waals surface area contributed by atoms with Crippen molar-refractivity contribution < 1.29 is 9.67 Å². The van der Waals surface area contributed by atoms with E-state index in [1.165, 1.54) is 0 Å². The van der Waals surface area contributed by atoms with Crippen molar-refractivity contribution in [3.63, 3.8) is 0 Å². The summed E-state index contributed by atoms with van der Waals surface area (Å²) < 4.78 is 1.92. The summed E-state index contributed by atoms with van der Waals surface area (Å²) in [6.45, 7) is 0.539. The second kappa shape index (κ2) is 5.17. The summed E-state index contributed by atoms with van der Waals surface area (Å²) in [5.41, 5.74) is 1.14. The Kier molecular flexibility index (Phi) is 4.17. The molecule has 1 aromatic heterocycles. The van der Waals surface area contributed by atoms with Crippen LogP contribution in [0.1, 0.15) is 0 Å². The van der Waals surface area contributed by atoms with Crippen LogP contribution in [-0.4, -0.2) is 31.2 Å². The fourth-order valence-electron chi connectivity index (χ4n) is 1.16. The monoisotopic (exact) mass is 215 g/mol. The average Bonchev–Trinajstić information content (AvgIpc) is 2.18. The van der Waals surface area contributed by atoms with Gasteiger partial charge in [-0.3, -0.25) is 0 Å². The Morgan fingerprint density at radius 2 is 2.00 bits per heavy atom. The number of aliphatic hydroxyl groups excluding tert-OH is 1. The molecule has 3 nitrogen and oxygen atoms in total. The van der Waals surface area contributed by atoms with Crippen molar-refractivity contribution in [2.24, 2.45) is 0 Å². The molecule has 0 saturated heterocycles. The van der Waals surface area contributed by atoms with Crippen LogP contribution in [0.15, 0.2) is 24.5 Å². The van der Waals surface area contributed by atoms with Crippen molar-refractivity contribution in [3.8, 4) is 0 Å². The second-order valence-electron chi connectivity index (χ2n) is 3.46. The van der Waals surface area contributed by atoms with E-state index in [0.717, 1.165) is 5.69 Å². The number of aliphatic hydroxyl groups is 1. The lowest BCUT2D eigenvalue weighted by molar-refractivity contribution is -0.702. The van der Waals surface area contributed by atoms with Gasteiger partial charge in [0.05, 0.1) is 5.88 Å². The number of pyridine rings is 1. The predicted molar refractivity (Wildman–Crippen MR) is 57.7 cm³/mol. The van der Waals surface area contributed by atoms with Crippen LogP contribution in [0.5, 0.6) is 0 Å². The van der Waals surface area contributed by atoms with Crippen LogP contribution in [0.25, 0.3) is 0 Å². The first-order valence-electron chi connectivity index (χ1n) is 4.54. The highest BCUT2D eigenvalue weighted by atomic mass is 35.5. The molecule has 0 aliphatic rings. The van der Waals surface area contributed by atoms with E-state index >= 15 is 0 Å². The summed E-state index contributed by atoms with van der Waals surface area (Å²) >= 11 is 5.51. The van der Waals surface area contributed by atoms with E-state index in [1.807, 2.05) is 48.1 Å². The van der Waals surface area contributed by atoms with Crippen LogP contribution < -0.4 is 9.47 Å². The zero-order valence-corrected chi connectivity index (χ0v) is 9.28. The first kappa shape index (κ1) is 11.3. The molecule has 0 fully saturated rings. The number of hydrogen-bond acceptors (Lipinski definition) is 2. The Morgan fingerprint density at radius 1 is 1.43 bits per heavy atom. The highest BCUT2D eigenvalue weighted by Gasteiger charge is 2.09. The summed E-state index contributed by atoms with van der Waals surface area (Å²) in [5, 5.41) is 9.33. The summed E-state index contributed by atoms with van der Waals surface area (Å²) in [4.78, 5) is 2.03. The molecule has 0 amide bonds. The maximum absolute atomic E-state index is 9.33. The molecule has 1 N–H and O–H groups in total. The molecule has 0 saturated carbocycles. The van der Waals surface area contributed by atoms with Crippen LogP contribution >= 0.6 is 11.6 Å². The smallest absolute Gasteiger partial charge is 0.175 e. The number of nitrogens with zero attached hydrogens (tertiary/aromatic N) is 2. The van der Waals surface area contributed by atoms with E-state index in [0.29, 0.717) is 6.54 Å². The molecule has 1 heterocycles. The van der Waals surface area contributed by atoms with Crippen LogP contribution in [-0.2, 0) is 6.54 Å².